The number of aryl methyl sites for hydroxylation is 1. The van der Waals surface area contributed by atoms with E-state index >= 15 is 0 Å². The van der Waals surface area contributed by atoms with Gasteiger partial charge in [0.1, 0.15) is 0 Å². The summed E-state index contributed by atoms with van der Waals surface area (Å²) in [5, 5.41) is 18.2. The summed E-state index contributed by atoms with van der Waals surface area (Å²) in [4.78, 5) is 24.4. The lowest BCUT2D eigenvalue weighted by atomic mass is 10.1. The van der Waals surface area contributed by atoms with Crippen molar-refractivity contribution in [2.75, 3.05) is 11.9 Å². The number of amides is 2. The highest BCUT2D eigenvalue weighted by atomic mass is 35.5. The average molecular weight is 390 g/mol. The number of nitrogens with one attached hydrogen (secondary N) is 3. The summed E-state index contributed by atoms with van der Waals surface area (Å²) >= 11 is 0. The van der Waals surface area contributed by atoms with E-state index < -0.39 is 6.10 Å². The average Bonchev–Trinajstić information content (AvgIpc) is 3.07. The lowest BCUT2D eigenvalue weighted by molar-refractivity contribution is -0.123. The van der Waals surface area contributed by atoms with Gasteiger partial charge in [-0.05, 0) is 43.2 Å². The van der Waals surface area contributed by atoms with Gasteiger partial charge in [-0.1, -0.05) is 29.8 Å². The van der Waals surface area contributed by atoms with E-state index in [0.717, 1.165) is 11.1 Å². The highest BCUT2D eigenvalue weighted by Gasteiger charge is 2.27. The molecule has 1 aliphatic rings. The number of benzene rings is 2. The van der Waals surface area contributed by atoms with Crippen LogP contribution in [0.1, 0.15) is 27.9 Å². The zero-order chi connectivity index (χ0) is 18.5. The van der Waals surface area contributed by atoms with E-state index in [9.17, 15) is 14.7 Å². The van der Waals surface area contributed by atoms with Crippen molar-refractivity contribution >= 4 is 29.9 Å². The van der Waals surface area contributed by atoms with Gasteiger partial charge in [0, 0.05) is 24.3 Å². The van der Waals surface area contributed by atoms with E-state index in [4.69, 9.17) is 0 Å². The van der Waals surface area contributed by atoms with Crippen molar-refractivity contribution in [2.45, 2.75) is 32.0 Å². The maximum Gasteiger partial charge on any atom is 0.255 e. The molecule has 2 atom stereocenters. The van der Waals surface area contributed by atoms with E-state index in [1.54, 1.807) is 12.1 Å². The van der Waals surface area contributed by atoms with Crippen LogP contribution < -0.4 is 16.0 Å². The predicted octanol–water partition coefficient (Wildman–Crippen LogP) is 2.01. The van der Waals surface area contributed by atoms with Gasteiger partial charge in [-0.2, -0.15) is 0 Å². The Hall–Kier alpha value is -2.41. The third kappa shape index (κ3) is 5.79. The van der Waals surface area contributed by atoms with Crippen LogP contribution in [-0.2, 0) is 11.3 Å². The Morgan fingerprint density at radius 2 is 1.93 bits per heavy atom. The van der Waals surface area contributed by atoms with E-state index in [-0.39, 0.29) is 30.3 Å². The standard InChI is InChI=1S/C20H23N3O3.ClH/c1-13-5-7-15(8-6-13)19(25)23-16-4-2-3-14(9-16)11-22-20(26)18-10-17(24)12-21-18;/h2-9,17-18,21,24H,10-12H2,1H3,(H,22,26)(H,23,25);1H. The van der Waals surface area contributed by atoms with Crippen LogP contribution in [0.2, 0.25) is 0 Å². The maximum atomic E-state index is 12.3. The summed E-state index contributed by atoms with van der Waals surface area (Å²) in [5.41, 5.74) is 3.26. The molecule has 6 nitrogen and oxygen atoms in total. The zero-order valence-electron chi connectivity index (χ0n) is 15.1. The molecule has 1 saturated heterocycles. The highest BCUT2D eigenvalue weighted by molar-refractivity contribution is 6.04. The van der Waals surface area contributed by atoms with Crippen LogP contribution in [0.5, 0.6) is 0 Å². The molecule has 0 bridgehead atoms. The molecule has 0 saturated carbocycles. The molecule has 1 heterocycles. The quantitative estimate of drug-likeness (QED) is 0.629. The molecule has 0 spiro atoms. The molecule has 2 amide bonds. The van der Waals surface area contributed by atoms with Crippen molar-refractivity contribution in [1.82, 2.24) is 10.6 Å². The van der Waals surface area contributed by atoms with Crippen LogP contribution in [0, 0.1) is 6.92 Å². The number of carbonyl (C=O) groups is 2. The summed E-state index contributed by atoms with van der Waals surface area (Å²) in [6.07, 6.45) is -0.0376. The van der Waals surface area contributed by atoms with Crippen molar-refractivity contribution in [1.29, 1.82) is 0 Å². The van der Waals surface area contributed by atoms with Crippen molar-refractivity contribution in [2.24, 2.45) is 0 Å². The second-order valence-electron chi connectivity index (χ2n) is 6.59. The minimum absolute atomic E-state index is 0. The fourth-order valence-electron chi connectivity index (χ4n) is 2.90. The first-order valence-corrected chi connectivity index (χ1v) is 8.67. The third-order valence-corrected chi connectivity index (χ3v) is 4.39. The molecular formula is C20H24ClN3O3. The smallest absolute Gasteiger partial charge is 0.255 e. The van der Waals surface area contributed by atoms with Crippen LogP contribution in [-0.4, -0.2) is 35.6 Å². The van der Waals surface area contributed by atoms with Crippen molar-refractivity contribution in [3.63, 3.8) is 0 Å². The van der Waals surface area contributed by atoms with Crippen molar-refractivity contribution in [3.8, 4) is 0 Å². The van der Waals surface area contributed by atoms with Crippen LogP contribution in [0.4, 0.5) is 5.69 Å². The number of aliphatic hydroxyl groups is 1. The van der Waals surface area contributed by atoms with Gasteiger partial charge >= 0.3 is 0 Å². The van der Waals surface area contributed by atoms with Crippen LogP contribution in [0.25, 0.3) is 0 Å². The molecule has 27 heavy (non-hydrogen) atoms. The summed E-state index contributed by atoms with van der Waals surface area (Å²) in [6, 6.07) is 14.4. The second kappa shape index (κ2) is 9.50. The first-order chi connectivity index (χ1) is 12.5. The number of anilines is 1. The molecule has 7 heteroatoms. The number of hydrogen-bond donors (Lipinski definition) is 4. The Morgan fingerprint density at radius 1 is 1.19 bits per heavy atom. The van der Waals surface area contributed by atoms with Crippen LogP contribution in [0.15, 0.2) is 48.5 Å². The second-order valence-corrected chi connectivity index (χ2v) is 6.59. The number of halogens is 1. The number of carbonyl (C=O) groups excluding carboxylic acids is 2. The van der Waals surface area contributed by atoms with Gasteiger partial charge in [-0.15, -0.1) is 12.4 Å². The zero-order valence-corrected chi connectivity index (χ0v) is 15.9. The maximum absolute atomic E-state index is 12.3. The lowest BCUT2D eigenvalue weighted by Gasteiger charge is -2.12. The summed E-state index contributed by atoms with van der Waals surface area (Å²) in [6.45, 7) is 2.78. The number of rotatable bonds is 5. The van der Waals surface area contributed by atoms with E-state index in [1.165, 1.54) is 0 Å². The lowest BCUT2D eigenvalue weighted by Crippen LogP contribution is -2.40. The molecule has 1 aliphatic heterocycles. The SMILES string of the molecule is Cc1ccc(C(=O)Nc2cccc(CNC(=O)C3CC(O)CN3)c2)cc1.Cl. The first kappa shape index (κ1) is 20.9. The van der Waals surface area contributed by atoms with E-state index in [0.29, 0.717) is 30.8 Å². The van der Waals surface area contributed by atoms with Gasteiger partial charge in [-0.25, -0.2) is 0 Å². The Bertz CT molecular complexity index is 795. The molecule has 1 fully saturated rings. The van der Waals surface area contributed by atoms with E-state index in [1.807, 2.05) is 43.3 Å². The molecule has 4 N–H and O–H groups in total. The fraction of sp³-hybridized carbons (Fsp3) is 0.300. The van der Waals surface area contributed by atoms with Gasteiger partial charge in [0.05, 0.1) is 12.1 Å². The topological polar surface area (TPSA) is 90.5 Å². The molecule has 0 radical (unpaired) electrons. The largest absolute Gasteiger partial charge is 0.392 e. The Morgan fingerprint density at radius 3 is 2.59 bits per heavy atom. The predicted molar refractivity (Wildman–Crippen MR) is 107 cm³/mol. The number of aliphatic hydroxyl groups excluding tert-OH is 1. The molecule has 0 aromatic heterocycles. The Balaban J connectivity index is 0.00000261. The summed E-state index contributed by atoms with van der Waals surface area (Å²) < 4.78 is 0. The van der Waals surface area contributed by atoms with Crippen LogP contribution in [0.3, 0.4) is 0 Å². The molecule has 0 aliphatic carbocycles. The number of β-amino-alcohol motifs (C(OH)–C–C–N with tert-alkyl or cyclic N) is 1. The van der Waals surface area contributed by atoms with E-state index in [2.05, 4.69) is 16.0 Å². The monoisotopic (exact) mass is 389 g/mol. The Labute approximate surface area is 164 Å². The van der Waals surface area contributed by atoms with Gasteiger partial charge in [0.25, 0.3) is 5.91 Å². The highest BCUT2D eigenvalue weighted by Crippen LogP contribution is 2.13. The molecule has 144 valence electrons. The van der Waals surface area contributed by atoms with Crippen LogP contribution >= 0.6 is 12.4 Å². The van der Waals surface area contributed by atoms with Gasteiger partial charge < -0.3 is 21.1 Å². The Kier molecular flexibility index (Phi) is 7.36. The molecule has 2 aromatic carbocycles. The summed E-state index contributed by atoms with van der Waals surface area (Å²) in [7, 11) is 0. The number of hydrogen-bond acceptors (Lipinski definition) is 4. The fourth-order valence-corrected chi connectivity index (χ4v) is 2.90. The van der Waals surface area contributed by atoms with Gasteiger partial charge in [0.2, 0.25) is 5.91 Å². The minimum atomic E-state index is -0.467. The molecule has 2 unspecified atom stereocenters. The first-order valence-electron chi connectivity index (χ1n) is 8.67. The van der Waals surface area contributed by atoms with Crippen molar-refractivity contribution in [3.05, 3.63) is 65.2 Å². The minimum Gasteiger partial charge on any atom is -0.392 e. The summed E-state index contributed by atoms with van der Waals surface area (Å²) in [5.74, 6) is -0.300. The molecular weight excluding hydrogens is 366 g/mol. The molecule has 2 aromatic rings. The van der Waals surface area contributed by atoms with Gasteiger partial charge in [0.15, 0.2) is 0 Å². The van der Waals surface area contributed by atoms with Crippen molar-refractivity contribution < 1.29 is 14.7 Å². The third-order valence-electron chi connectivity index (χ3n) is 4.39. The normalized spacial score (nSPS) is 18.4. The van der Waals surface area contributed by atoms with Gasteiger partial charge in [-0.3, -0.25) is 9.59 Å². The molecule has 3 rings (SSSR count).